The zero-order valence-corrected chi connectivity index (χ0v) is 10.5. The van der Waals surface area contributed by atoms with Crippen LogP contribution in [0.2, 0.25) is 0 Å². The Labute approximate surface area is 97.4 Å². The molecular formula is C13H21NS. The van der Waals surface area contributed by atoms with Gasteiger partial charge in [-0.3, -0.25) is 0 Å². The first-order valence-electron chi connectivity index (χ1n) is 5.67. The molecule has 0 aliphatic rings. The smallest absolute Gasteiger partial charge is 0.0159 e. The largest absolute Gasteiger partial charge is 0.327 e. The fraction of sp³-hybridized carbons (Fsp3) is 0.538. The van der Waals surface area contributed by atoms with E-state index in [9.17, 15) is 0 Å². The van der Waals surface area contributed by atoms with Crippen LogP contribution < -0.4 is 5.73 Å². The third-order valence-corrected chi connectivity index (χ3v) is 3.82. The van der Waals surface area contributed by atoms with Crippen LogP contribution in [-0.2, 0) is 0 Å². The number of thioether (sulfide) groups is 1. The number of nitrogens with two attached hydrogens (primary N) is 1. The second kappa shape index (κ2) is 6.91. The number of hydrogen-bond acceptors (Lipinski definition) is 2. The first-order valence-corrected chi connectivity index (χ1v) is 6.66. The highest BCUT2D eigenvalue weighted by atomic mass is 32.2. The van der Waals surface area contributed by atoms with Crippen LogP contribution >= 0.6 is 11.8 Å². The molecule has 1 aromatic rings. The molecule has 84 valence electrons. The molecule has 0 aliphatic heterocycles. The van der Waals surface area contributed by atoms with Gasteiger partial charge in [-0.2, -0.15) is 0 Å². The fourth-order valence-corrected chi connectivity index (χ4v) is 2.61. The lowest BCUT2D eigenvalue weighted by atomic mass is 9.99. The standard InChI is InChI=1S/C13H21NS/c1-3-7-11(2)13(14)10-15-12-8-5-4-6-9-12/h4-6,8-9,11,13H,3,7,10,14H2,1-2H3. The first kappa shape index (κ1) is 12.6. The number of rotatable bonds is 6. The van der Waals surface area contributed by atoms with Gasteiger partial charge in [0.2, 0.25) is 0 Å². The lowest BCUT2D eigenvalue weighted by molar-refractivity contribution is 0.450. The lowest BCUT2D eigenvalue weighted by Gasteiger charge is -2.18. The van der Waals surface area contributed by atoms with Gasteiger partial charge in [0.1, 0.15) is 0 Å². The van der Waals surface area contributed by atoms with Crippen molar-refractivity contribution in [1.29, 1.82) is 0 Å². The highest BCUT2D eigenvalue weighted by Crippen LogP contribution is 2.20. The van der Waals surface area contributed by atoms with Crippen molar-refractivity contribution in [2.75, 3.05) is 5.75 Å². The predicted octanol–water partition coefficient (Wildman–Crippen LogP) is 3.54. The molecule has 0 saturated carbocycles. The van der Waals surface area contributed by atoms with Crippen molar-refractivity contribution in [3.63, 3.8) is 0 Å². The molecule has 0 amide bonds. The van der Waals surface area contributed by atoms with Crippen LogP contribution in [0.5, 0.6) is 0 Å². The summed E-state index contributed by atoms with van der Waals surface area (Å²) >= 11 is 1.86. The summed E-state index contributed by atoms with van der Waals surface area (Å²) in [5, 5.41) is 0. The molecule has 0 heterocycles. The molecule has 0 saturated heterocycles. The van der Waals surface area contributed by atoms with Crippen molar-refractivity contribution < 1.29 is 0 Å². The second-order valence-electron chi connectivity index (χ2n) is 4.05. The van der Waals surface area contributed by atoms with Crippen molar-refractivity contribution in [2.45, 2.75) is 37.6 Å². The molecule has 0 aliphatic carbocycles. The van der Waals surface area contributed by atoms with E-state index in [1.165, 1.54) is 17.7 Å². The Balaban J connectivity index is 2.31. The quantitative estimate of drug-likeness (QED) is 0.746. The third-order valence-electron chi connectivity index (χ3n) is 2.66. The van der Waals surface area contributed by atoms with Crippen LogP contribution in [0, 0.1) is 5.92 Å². The minimum absolute atomic E-state index is 0.315. The maximum absolute atomic E-state index is 6.13. The summed E-state index contributed by atoms with van der Waals surface area (Å²) in [5.74, 6) is 1.65. The van der Waals surface area contributed by atoms with Crippen LogP contribution in [0.4, 0.5) is 0 Å². The van der Waals surface area contributed by atoms with Crippen LogP contribution in [-0.4, -0.2) is 11.8 Å². The summed E-state index contributed by atoms with van der Waals surface area (Å²) in [6.45, 7) is 4.47. The predicted molar refractivity (Wildman–Crippen MR) is 69.2 cm³/mol. The van der Waals surface area contributed by atoms with E-state index in [4.69, 9.17) is 5.73 Å². The van der Waals surface area contributed by atoms with Crippen LogP contribution in [0.15, 0.2) is 35.2 Å². The topological polar surface area (TPSA) is 26.0 Å². The Kier molecular flexibility index (Phi) is 5.81. The molecule has 15 heavy (non-hydrogen) atoms. The molecule has 0 fully saturated rings. The summed E-state index contributed by atoms with van der Waals surface area (Å²) < 4.78 is 0. The van der Waals surface area contributed by atoms with Gasteiger partial charge in [-0.05, 0) is 24.5 Å². The third kappa shape index (κ3) is 4.72. The Bertz CT molecular complexity index is 260. The molecular weight excluding hydrogens is 202 g/mol. The van der Waals surface area contributed by atoms with Crippen molar-refractivity contribution in [3.8, 4) is 0 Å². The van der Waals surface area contributed by atoms with Crippen LogP contribution in [0.3, 0.4) is 0 Å². The minimum Gasteiger partial charge on any atom is -0.327 e. The van der Waals surface area contributed by atoms with Gasteiger partial charge in [-0.1, -0.05) is 38.5 Å². The molecule has 2 N–H and O–H groups in total. The molecule has 1 aromatic carbocycles. The van der Waals surface area contributed by atoms with E-state index in [1.54, 1.807) is 0 Å². The maximum Gasteiger partial charge on any atom is 0.0159 e. The summed E-state index contributed by atoms with van der Waals surface area (Å²) in [6, 6.07) is 10.8. The van der Waals surface area contributed by atoms with Crippen molar-refractivity contribution >= 4 is 11.8 Å². The van der Waals surface area contributed by atoms with Crippen LogP contribution in [0.25, 0.3) is 0 Å². The van der Waals surface area contributed by atoms with Gasteiger partial charge in [0.25, 0.3) is 0 Å². The average molecular weight is 223 g/mol. The van der Waals surface area contributed by atoms with E-state index in [0.29, 0.717) is 12.0 Å². The summed E-state index contributed by atoms with van der Waals surface area (Å²) in [5.41, 5.74) is 6.13. The molecule has 0 radical (unpaired) electrons. The molecule has 0 spiro atoms. The highest BCUT2D eigenvalue weighted by molar-refractivity contribution is 7.99. The summed E-state index contributed by atoms with van der Waals surface area (Å²) in [7, 11) is 0. The van der Waals surface area contributed by atoms with Gasteiger partial charge < -0.3 is 5.73 Å². The second-order valence-corrected chi connectivity index (χ2v) is 5.15. The molecule has 0 aromatic heterocycles. The van der Waals surface area contributed by atoms with E-state index >= 15 is 0 Å². The van der Waals surface area contributed by atoms with E-state index < -0.39 is 0 Å². The molecule has 1 nitrogen and oxygen atoms in total. The Hall–Kier alpha value is -0.470. The van der Waals surface area contributed by atoms with Gasteiger partial charge in [-0.25, -0.2) is 0 Å². The minimum atomic E-state index is 0.315. The summed E-state index contributed by atoms with van der Waals surface area (Å²) in [4.78, 5) is 1.32. The van der Waals surface area contributed by atoms with Gasteiger partial charge in [0.05, 0.1) is 0 Å². The Morgan fingerprint density at radius 2 is 1.93 bits per heavy atom. The van der Waals surface area contributed by atoms with E-state index in [0.717, 1.165) is 5.75 Å². The van der Waals surface area contributed by atoms with Gasteiger partial charge in [-0.15, -0.1) is 11.8 Å². The van der Waals surface area contributed by atoms with E-state index in [-0.39, 0.29) is 0 Å². The van der Waals surface area contributed by atoms with E-state index in [2.05, 4.69) is 38.1 Å². The number of hydrogen-bond donors (Lipinski definition) is 1. The Morgan fingerprint density at radius 3 is 2.53 bits per heavy atom. The first-order chi connectivity index (χ1) is 7.24. The van der Waals surface area contributed by atoms with Crippen molar-refractivity contribution in [1.82, 2.24) is 0 Å². The molecule has 0 bridgehead atoms. The van der Waals surface area contributed by atoms with Gasteiger partial charge in [0, 0.05) is 16.7 Å². The number of benzene rings is 1. The molecule has 1 rings (SSSR count). The SMILES string of the molecule is CCCC(C)C(N)CSc1ccccc1. The lowest BCUT2D eigenvalue weighted by Crippen LogP contribution is -2.30. The monoisotopic (exact) mass is 223 g/mol. The molecule has 2 unspecified atom stereocenters. The zero-order valence-electron chi connectivity index (χ0n) is 9.65. The van der Waals surface area contributed by atoms with E-state index in [1.807, 2.05) is 17.8 Å². The van der Waals surface area contributed by atoms with Crippen molar-refractivity contribution in [2.24, 2.45) is 11.7 Å². The maximum atomic E-state index is 6.13. The average Bonchev–Trinajstić information content (AvgIpc) is 2.27. The fourth-order valence-electron chi connectivity index (χ4n) is 1.54. The van der Waals surface area contributed by atoms with Crippen molar-refractivity contribution in [3.05, 3.63) is 30.3 Å². The Morgan fingerprint density at radius 1 is 1.27 bits per heavy atom. The normalized spacial score (nSPS) is 14.9. The van der Waals surface area contributed by atoms with Gasteiger partial charge in [0.15, 0.2) is 0 Å². The van der Waals surface area contributed by atoms with Gasteiger partial charge >= 0.3 is 0 Å². The molecule has 2 atom stereocenters. The van der Waals surface area contributed by atoms with Crippen LogP contribution in [0.1, 0.15) is 26.7 Å². The zero-order chi connectivity index (χ0) is 11.1. The highest BCUT2D eigenvalue weighted by Gasteiger charge is 2.11. The summed E-state index contributed by atoms with van der Waals surface area (Å²) in [6.07, 6.45) is 2.46. The molecule has 2 heteroatoms.